The minimum atomic E-state index is -1.55. The lowest BCUT2D eigenvalue weighted by atomic mass is 9.97. The molecule has 0 aromatic heterocycles. The molecule has 2 fully saturated rings. The Morgan fingerprint density at radius 1 is 0.636 bits per heavy atom. The summed E-state index contributed by atoms with van der Waals surface area (Å²) >= 11 is 0. The summed E-state index contributed by atoms with van der Waals surface area (Å²) in [5, 5.41) is 42.0. The van der Waals surface area contributed by atoms with E-state index in [2.05, 4.69) is 6.92 Å². The molecule has 0 saturated carbocycles. The molecule has 2 rings (SSSR count). The van der Waals surface area contributed by atoms with E-state index in [1.807, 2.05) is 0 Å². The molecule has 2 aliphatic rings. The second-order valence-corrected chi connectivity index (χ2v) is 12.1. The maximum absolute atomic E-state index is 11.8. The lowest BCUT2D eigenvalue weighted by molar-refractivity contribution is -0.365. The third-order valence-electron chi connectivity index (χ3n) is 8.25. The lowest BCUT2D eigenvalue weighted by Crippen LogP contribution is -2.65. The summed E-state index contributed by atoms with van der Waals surface area (Å²) in [5.41, 5.74) is 0. The largest absolute Gasteiger partial charge is 0.457 e. The fourth-order valence-electron chi connectivity index (χ4n) is 5.76. The van der Waals surface area contributed by atoms with Crippen molar-refractivity contribution in [2.45, 2.75) is 179 Å². The van der Waals surface area contributed by atoms with Gasteiger partial charge in [-0.3, -0.25) is 9.59 Å². The van der Waals surface area contributed by atoms with E-state index >= 15 is 0 Å². The van der Waals surface area contributed by atoms with Crippen molar-refractivity contribution >= 4 is 11.9 Å². The minimum Gasteiger partial charge on any atom is -0.457 e. The Bertz CT molecular complexity index is 797. The van der Waals surface area contributed by atoms with Gasteiger partial charge in [0.15, 0.2) is 24.8 Å². The van der Waals surface area contributed by atoms with Crippen LogP contribution >= 0.6 is 0 Å². The van der Waals surface area contributed by atoms with Crippen molar-refractivity contribution in [2.75, 3.05) is 13.2 Å². The molecule has 258 valence electrons. The van der Waals surface area contributed by atoms with Crippen LogP contribution in [0.2, 0.25) is 0 Å². The first-order chi connectivity index (χ1) is 21.1. The first-order valence-corrected chi connectivity index (χ1v) is 16.7. The topological polar surface area (TPSA) is 170 Å². The first-order valence-electron chi connectivity index (χ1n) is 16.7. The Balaban J connectivity index is 1.84. The van der Waals surface area contributed by atoms with Crippen LogP contribution in [0, 0.1) is 0 Å². The fraction of sp³-hybridized carbons (Fsp3) is 0.938. The molecule has 44 heavy (non-hydrogen) atoms. The maximum atomic E-state index is 11.8. The van der Waals surface area contributed by atoms with Crippen LogP contribution in [0.4, 0.5) is 0 Å². The Labute approximate surface area is 262 Å². The Hall–Kier alpha value is -1.38. The molecule has 0 aromatic rings. The van der Waals surface area contributed by atoms with E-state index in [-0.39, 0.29) is 6.61 Å². The molecule has 0 bridgehead atoms. The van der Waals surface area contributed by atoms with Crippen molar-refractivity contribution in [3.63, 3.8) is 0 Å². The Morgan fingerprint density at radius 2 is 1.14 bits per heavy atom. The van der Waals surface area contributed by atoms with E-state index in [1.54, 1.807) is 6.92 Å². The highest BCUT2D eigenvalue weighted by Crippen LogP contribution is 2.32. The molecule has 12 heteroatoms. The molecule has 0 aliphatic carbocycles. The summed E-state index contributed by atoms with van der Waals surface area (Å²) < 4.78 is 33.8. The third-order valence-corrected chi connectivity index (χ3v) is 8.25. The molecular weight excluding hydrogens is 576 g/mol. The lowest BCUT2D eigenvalue weighted by Gasteiger charge is -2.46. The Kier molecular flexibility index (Phi) is 18.9. The van der Waals surface area contributed by atoms with Crippen LogP contribution in [0.25, 0.3) is 0 Å². The van der Waals surface area contributed by atoms with Crippen LogP contribution < -0.4 is 0 Å². The minimum absolute atomic E-state index is 0.288. The zero-order chi connectivity index (χ0) is 32.5. The van der Waals surface area contributed by atoms with Crippen molar-refractivity contribution in [1.29, 1.82) is 0 Å². The van der Waals surface area contributed by atoms with Gasteiger partial charge in [0.25, 0.3) is 0 Å². The van der Waals surface area contributed by atoms with Gasteiger partial charge in [0.05, 0.1) is 12.7 Å². The van der Waals surface area contributed by atoms with Crippen molar-refractivity contribution in [2.24, 2.45) is 0 Å². The summed E-state index contributed by atoms with van der Waals surface area (Å²) in [6.45, 7) is 5.84. The molecule has 0 aromatic carbocycles. The number of hydrogen-bond donors (Lipinski definition) is 4. The number of unbranched alkanes of at least 4 members (excludes halogenated alkanes) is 13. The van der Waals surface area contributed by atoms with E-state index in [4.69, 9.17) is 28.4 Å². The van der Waals surface area contributed by atoms with Crippen LogP contribution in [0.1, 0.15) is 118 Å². The molecule has 12 nitrogen and oxygen atoms in total. The quantitative estimate of drug-likeness (QED) is 0.107. The van der Waals surface area contributed by atoms with Gasteiger partial charge in [0.2, 0.25) is 0 Å². The normalized spacial score (nSPS) is 32.4. The number of aliphatic hydroxyl groups excluding tert-OH is 4. The van der Waals surface area contributed by atoms with Crippen LogP contribution in [0.15, 0.2) is 0 Å². The summed E-state index contributed by atoms with van der Waals surface area (Å²) in [6, 6.07) is 0. The van der Waals surface area contributed by atoms with Gasteiger partial charge in [-0.25, -0.2) is 0 Å². The number of esters is 2. The van der Waals surface area contributed by atoms with Gasteiger partial charge in [-0.15, -0.1) is 0 Å². The van der Waals surface area contributed by atoms with E-state index < -0.39 is 80.0 Å². The summed E-state index contributed by atoms with van der Waals surface area (Å²) in [6.07, 6.45) is 4.05. The molecule has 2 heterocycles. The predicted molar refractivity (Wildman–Crippen MR) is 160 cm³/mol. The molecule has 0 spiro atoms. The average molecular weight is 635 g/mol. The van der Waals surface area contributed by atoms with Gasteiger partial charge in [-0.05, 0) is 13.3 Å². The maximum Gasteiger partial charge on any atom is 0.303 e. The number of carbonyl (C=O) groups is 2. The van der Waals surface area contributed by atoms with E-state index in [9.17, 15) is 30.0 Å². The Morgan fingerprint density at radius 3 is 1.64 bits per heavy atom. The SMILES string of the molecule is CCCCCCCCCCCCCCCCO[C@@H]1O[C@H](CO)[C@@H](O)[C@H](O)[C@H]1O[C@@H]1O[C@@H](C)[C@H](OC(C)=O)[C@@H](O)[C@H]1OC(C)=O. The van der Waals surface area contributed by atoms with E-state index in [0.29, 0.717) is 0 Å². The third kappa shape index (κ3) is 13.2. The summed E-state index contributed by atoms with van der Waals surface area (Å²) in [7, 11) is 0. The van der Waals surface area contributed by atoms with Gasteiger partial charge in [0.1, 0.15) is 30.5 Å². The van der Waals surface area contributed by atoms with Gasteiger partial charge < -0.3 is 48.8 Å². The first kappa shape index (κ1) is 38.8. The molecular formula is C32H58O12. The molecule has 10 atom stereocenters. The molecule has 4 N–H and O–H groups in total. The fourth-order valence-corrected chi connectivity index (χ4v) is 5.76. The van der Waals surface area contributed by atoms with Crippen molar-refractivity contribution in [3.8, 4) is 0 Å². The van der Waals surface area contributed by atoms with Crippen LogP contribution in [0.3, 0.4) is 0 Å². The predicted octanol–water partition coefficient (Wildman–Crippen LogP) is 3.28. The smallest absolute Gasteiger partial charge is 0.303 e. The zero-order valence-electron chi connectivity index (χ0n) is 27.1. The van der Waals surface area contributed by atoms with Crippen LogP contribution in [-0.4, -0.2) is 107 Å². The van der Waals surface area contributed by atoms with Gasteiger partial charge in [-0.1, -0.05) is 90.4 Å². The van der Waals surface area contributed by atoms with Gasteiger partial charge in [-0.2, -0.15) is 0 Å². The highest BCUT2D eigenvalue weighted by Gasteiger charge is 2.52. The summed E-state index contributed by atoms with van der Waals surface area (Å²) in [5.74, 6) is -1.40. The molecule has 0 amide bonds. The number of hydrogen-bond acceptors (Lipinski definition) is 12. The number of aliphatic hydroxyl groups is 4. The number of rotatable bonds is 21. The zero-order valence-corrected chi connectivity index (χ0v) is 27.1. The number of ether oxygens (including phenoxy) is 6. The van der Waals surface area contributed by atoms with Gasteiger partial charge >= 0.3 is 11.9 Å². The van der Waals surface area contributed by atoms with Crippen LogP contribution in [-0.2, 0) is 38.0 Å². The molecule has 0 unspecified atom stereocenters. The summed E-state index contributed by atoms with van der Waals surface area (Å²) in [4.78, 5) is 23.4. The molecule has 0 radical (unpaired) electrons. The van der Waals surface area contributed by atoms with Gasteiger partial charge in [0, 0.05) is 20.5 Å². The molecule has 2 saturated heterocycles. The van der Waals surface area contributed by atoms with Crippen molar-refractivity contribution < 1.29 is 58.4 Å². The molecule has 2 aliphatic heterocycles. The highest BCUT2D eigenvalue weighted by molar-refractivity contribution is 5.67. The second-order valence-electron chi connectivity index (χ2n) is 12.1. The average Bonchev–Trinajstić information content (AvgIpc) is 2.98. The van der Waals surface area contributed by atoms with Crippen LogP contribution in [0.5, 0.6) is 0 Å². The van der Waals surface area contributed by atoms with E-state index in [1.165, 1.54) is 71.1 Å². The van der Waals surface area contributed by atoms with Crippen molar-refractivity contribution in [3.05, 3.63) is 0 Å². The highest BCUT2D eigenvalue weighted by atomic mass is 16.8. The van der Waals surface area contributed by atoms with Crippen molar-refractivity contribution in [1.82, 2.24) is 0 Å². The second kappa shape index (κ2) is 21.4. The monoisotopic (exact) mass is 634 g/mol. The standard InChI is InChI=1S/C32H58O12/c1-5-6-7-8-9-10-11-12-13-14-15-16-17-18-19-39-31-29(26(37)25(36)24(20-33)43-31)44-32-30(42-23(4)35)27(38)28(21(2)40-32)41-22(3)34/h21,24-33,36-38H,5-20H2,1-4H3/t21-,24+,25+,26-,27+,28-,29+,30+,31+,32-/m0/s1. The van der Waals surface area contributed by atoms with E-state index in [0.717, 1.165) is 32.6 Å². The number of carbonyl (C=O) groups excluding carboxylic acids is 2.